The van der Waals surface area contributed by atoms with Crippen LogP contribution in [0.25, 0.3) is 23.2 Å². The van der Waals surface area contributed by atoms with Gasteiger partial charge in [-0.3, -0.25) is 4.68 Å². The molecule has 0 amide bonds. The van der Waals surface area contributed by atoms with Crippen molar-refractivity contribution in [1.29, 1.82) is 0 Å². The van der Waals surface area contributed by atoms with Crippen molar-refractivity contribution >= 4 is 29.0 Å². The normalized spacial score (nSPS) is 15.1. The average molecular weight is 363 g/mol. The minimum atomic E-state index is 0.721. The molecule has 2 aromatic heterocycles. The molecule has 0 atom stereocenters. The zero-order valence-corrected chi connectivity index (χ0v) is 15.9. The van der Waals surface area contributed by atoms with Crippen LogP contribution in [-0.4, -0.2) is 46.1 Å². The van der Waals surface area contributed by atoms with Crippen LogP contribution in [0.3, 0.4) is 0 Å². The summed E-state index contributed by atoms with van der Waals surface area (Å²) < 4.78 is 7.45. The number of ether oxygens (including phenoxy) is 1. The molecule has 0 bridgehead atoms. The predicted molar refractivity (Wildman–Crippen MR) is 109 cm³/mol. The molecule has 0 N–H and O–H groups in total. The van der Waals surface area contributed by atoms with Crippen molar-refractivity contribution < 1.29 is 4.74 Å². The van der Waals surface area contributed by atoms with E-state index in [4.69, 9.17) is 19.8 Å². The van der Waals surface area contributed by atoms with E-state index in [0.717, 1.165) is 73.1 Å². The molecule has 1 aliphatic heterocycles. The van der Waals surface area contributed by atoms with Gasteiger partial charge < -0.3 is 9.64 Å². The quantitative estimate of drug-likeness (QED) is 0.696. The third-order valence-corrected chi connectivity index (χ3v) is 4.77. The summed E-state index contributed by atoms with van der Waals surface area (Å²) in [4.78, 5) is 12.0. The molecular formula is C21H25N5O. The first kappa shape index (κ1) is 17.7. The second-order valence-corrected chi connectivity index (χ2v) is 6.77. The summed E-state index contributed by atoms with van der Waals surface area (Å²) in [6.07, 6.45) is 6.00. The minimum absolute atomic E-state index is 0.721. The van der Waals surface area contributed by atoms with Gasteiger partial charge in [0.05, 0.1) is 18.9 Å². The summed E-state index contributed by atoms with van der Waals surface area (Å²) in [6.45, 7) is 5.28. The highest BCUT2D eigenvalue weighted by atomic mass is 16.5. The molecule has 6 heteroatoms. The highest BCUT2D eigenvalue weighted by Gasteiger charge is 2.21. The van der Waals surface area contributed by atoms with Gasteiger partial charge in [-0.15, -0.1) is 0 Å². The number of aromatic nitrogens is 4. The van der Waals surface area contributed by atoms with Gasteiger partial charge in [0, 0.05) is 20.1 Å². The van der Waals surface area contributed by atoms with Gasteiger partial charge in [-0.2, -0.15) is 5.10 Å². The molecule has 3 aromatic rings. The smallest absolute Gasteiger partial charge is 0.159 e. The van der Waals surface area contributed by atoms with E-state index in [1.54, 1.807) is 0 Å². The van der Waals surface area contributed by atoms with Gasteiger partial charge in [0.1, 0.15) is 11.0 Å². The Morgan fingerprint density at radius 2 is 1.85 bits per heavy atom. The second kappa shape index (κ2) is 7.88. The molecule has 1 aromatic carbocycles. The molecule has 140 valence electrons. The SMILES string of the molecule is CCCc1nn(C)c2c(N3CCOCC3)nc(C=Cc3ccccc3)nc12. The van der Waals surface area contributed by atoms with Crippen LogP contribution in [0.5, 0.6) is 0 Å². The van der Waals surface area contributed by atoms with Gasteiger partial charge in [-0.1, -0.05) is 49.8 Å². The Labute approximate surface area is 159 Å². The number of rotatable bonds is 5. The Morgan fingerprint density at radius 3 is 2.59 bits per heavy atom. The lowest BCUT2D eigenvalue weighted by Gasteiger charge is -2.28. The Kier molecular flexibility index (Phi) is 5.16. The van der Waals surface area contributed by atoms with Crippen molar-refractivity contribution in [3.8, 4) is 0 Å². The van der Waals surface area contributed by atoms with Crippen LogP contribution in [-0.2, 0) is 18.2 Å². The van der Waals surface area contributed by atoms with E-state index in [1.165, 1.54) is 0 Å². The van der Waals surface area contributed by atoms with Gasteiger partial charge >= 0.3 is 0 Å². The third-order valence-electron chi connectivity index (χ3n) is 4.77. The number of fused-ring (bicyclic) bond motifs is 1. The first-order valence-electron chi connectivity index (χ1n) is 9.55. The van der Waals surface area contributed by atoms with Gasteiger partial charge in [0.2, 0.25) is 0 Å². The summed E-state index contributed by atoms with van der Waals surface area (Å²) in [5, 5.41) is 4.73. The highest BCUT2D eigenvalue weighted by Crippen LogP contribution is 2.27. The highest BCUT2D eigenvalue weighted by molar-refractivity contribution is 5.89. The van der Waals surface area contributed by atoms with Crippen LogP contribution in [0, 0.1) is 0 Å². The summed E-state index contributed by atoms with van der Waals surface area (Å²) >= 11 is 0. The molecule has 6 nitrogen and oxygen atoms in total. The van der Waals surface area contributed by atoms with Crippen molar-refractivity contribution in [3.05, 3.63) is 47.4 Å². The fourth-order valence-corrected chi connectivity index (χ4v) is 3.45. The number of hydrogen-bond donors (Lipinski definition) is 0. The van der Waals surface area contributed by atoms with Gasteiger partial charge in [0.15, 0.2) is 11.6 Å². The van der Waals surface area contributed by atoms with Crippen molar-refractivity contribution in [3.63, 3.8) is 0 Å². The second-order valence-electron chi connectivity index (χ2n) is 6.77. The van der Waals surface area contributed by atoms with E-state index < -0.39 is 0 Å². The van der Waals surface area contributed by atoms with Crippen LogP contribution in [0.1, 0.15) is 30.4 Å². The van der Waals surface area contributed by atoms with Crippen molar-refractivity contribution in [2.24, 2.45) is 7.05 Å². The Morgan fingerprint density at radius 1 is 1.07 bits per heavy atom. The topological polar surface area (TPSA) is 56.1 Å². The van der Waals surface area contributed by atoms with Crippen molar-refractivity contribution in [2.45, 2.75) is 19.8 Å². The molecule has 0 aliphatic carbocycles. The van der Waals surface area contributed by atoms with Crippen molar-refractivity contribution in [1.82, 2.24) is 19.7 Å². The molecule has 0 radical (unpaired) electrons. The summed E-state index contributed by atoms with van der Waals surface area (Å²) in [5.74, 6) is 1.67. The standard InChI is InChI=1S/C21H25N5O/c1-3-7-17-19-20(25(2)24-17)21(26-12-14-27-15-13-26)23-18(22-19)11-10-16-8-5-4-6-9-16/h4-6,8-11H,3,7,12-15H2,1-2H3. The van der Waals surface area contributed by atoms with Crippen LogP contribution >= 0.6 is 0 Å². The van der Waals surface area contributed by atoms with Crippen LogP contribution in [0.2, 0.25) is 0 Å². The third kappa shape index (κ3) is 3.71. The Bertz CT molecular complexity index is 942. The maximum atomic E-state index is 5.52. The van der Waals surface area contributed by atoms with E-state index in [0.29, 0.717) is 0 Å². The number of benzene rings is 1. The lowest BCUT2D eigenvalue weighted by Crippen LogP contribution is -2.37. The molecule has 27 heavy (non-hydrogen) atoms. The molecule has 0 saturated carbocycles. The maximum absolute atomic E-state index is 5.52. The average Bonchev–Trinajstić information content (AvgIpc) is 3.03. The first-order valence-corrected chi connectivity index (χ1v) is 9.55. The molecule has 3 heterocycles. The van der Waals surface area contributed by atoms with Crippen LogP contribution in [0.15, 0.2) is 30.3 Å². The Hall–Kier alpha value is -2.73. The zero-order chi connectivity index (χ0) is 18.6. The minimum Gasteiger partial charge on any atom is -0.378 e. The predicted octanol–water partition coefficient (Wildman–Crippen LogP) is 3.32. The van der Waals surface area contributed by atoms with E-state index in [2.05, 4.69) is 30.0 Å². The summed E-state index contributed by atoms with van der Waals surface area (Å²) in [5.41, 5.74) is 4.15. The number of anilines is 1. The molecule has 1 aliphatic rings. The molecule has 0 spiro atoms. The van der Waals surface area contributed by atoms with E-state index >= 15 is 0 Å². The summed E-state index contributed by atoms with van der Waals surface area (Å²) in [6, 6.07) is 10.2. The lowest BCUT2D eigenvalue weighted by molar-refractivity contribution is 0.122. The van der Waals surface area contributed by atoms with Crippen LogP contribution < -0.4 is 4.90 Å². The molecular weight excluding hydrogens is 338 g/mol. The number of aryl methyl sites for hydroxylation is 2. The molecule has 4 rings (SSSR count). The fourth-order valence-electron chi connectivity index (χ4n) is 3.45. The number of nitrogens with zero attached hydrogens (tertiary/aromatic N) is 5. The van der Waals surface area contributed by atoms with E-state index in [9.17, 15) is 0 Å². The first-order chi connectivity index (χ1) is 13.3. The van der Waals surface area contributed by atoms with E-state index in [1.807, 2.05) is 36.0 Å². The fraction of sp³-hybridized carbons (Fsp3) is 0.381. The Balaban J connectivity index is 1.81. The van der Waals surface area contributed by atoms with Gasteiger partial charge in [0.25, 0.3) is 0 Å². The molecule has 1 saturated heterocycles. The van der Waals surface area contributed by atoms with Gasteiger partial charge in [-0.05, 0) is 18.1 Å². The largest absolute Gasteiger partial charge is 0.378 e. The van der Waals surface area contributed by atoms with E-state index in [-0.39, 0.29) is 0 Å². The van der Waals surface area contributed by atoms with Crippen LogP contribution in [0.4, 0.5) is 5.82 Å². The van der Waals surface area contributed by atoms with Gasteiger partial charge in [-0.25, -0.2) is 9.97 Å². The number of hydrogen-bond acceptors (Lipinski definition) is 5. The van der Waals surface area contributed by atoms with Crippen molar-refractivity contribution in [2.75, 3.05) is 31.2 Å². The monoisotopic (exact) mass is 363 g/mol. The maximum Gasteiger partial charge on any atom is 0.159 e. The number of morpholine rings is 1. The lowest BCUT2D eigenvalue weighted by atomic mass is 10.2. The summed E-state index contributed by atoms with van der Waals surface area (Å²) in [7, 11) is 1.98. The zero-order valence-electron chi connectivity index (χ0n) is 15.9. The molecule has 0 unspecified atom stereocenters. The molecule has 1 fully saturated rings.